The van der Waals surface area contributed by atoms with Crippen LogP contribution in [0.2, 0.25) is 0 Å². The molecule has 4 rings (SSSR count). The Morgan fingerprint density at radius 3 is 2.23 bits per heavy atom. The maximum absolute atomic E-state index is 14.4. The molecular formula is C26H27F4N5O4S. The summed E-state index contributed by atoms with van der Waals surface area (Å²) >= 11 is 0.870. The number of carbonyl (C=O) groups is 3. The molecule has 14 heteroatoms. The Morgan fingerprint density at radius 1 is 1.05 bits per heavy atom. The van der Waals surface area contributed by atoms with Gasteiger partial charge in [-0.2, -0.15) is 13.2 Å². The second-order valence-electron chi connectivity index (χ2n) is 10.5. The van der Waals surface area contributed by atoms with Crippen LogP contribution in [0.5, 0.6) is 0 Å². The van der Waals surface area contributed by atoms with Crippen molar-refractivity contribution in [2.24, 2.45) is 10.6 Å². The largest absolute Gasteiger partial charge is 0.443 e. The Labute approximate surface area is 231 Å². The van der Waals surface area contributed by atoms with Crippen molar-refractivity contribution in [1.82, 2.24) is 14.8 Å². The van der Waals surface area contributed by atoms with Crippen molar-refractivity contribution >= 4 is 35.5 Å². The molecule has 1 aromatic heterocycles. The van der Waals surface area contributed by atoms with E-state index in [1.54, 1.807) is 26.8 Å². The first-order chi connectivity index (χ1) is 18.7. The van der Waals surface area contributed by atoms with Crippen LogP contribution < -0.4 is 10.5 Å². The molecule has 0 atom stereocenters. The van der Waals surface area contributed by atoms with Crippen LogP contribution in [-0.4, -0.2) is 58.9 Å². The smallest absolute Gasteiger partial charge is 0.417 e. The highest BCUT2D eigenvalue weighted by atomic mass is 32.2. The highest BCUT2D eigenvalue weighted by Crippen LogP contribution is 2.33. The summed E-state index contributed by atoms with van der Waals surface area (Å²) in [4.78, 5) is 45.2. The highest BCUT2D eigenvalue weighted by Gasteiger charge is 2.36. The van der Waals surface area contributed by atoms with Gasteiger partial charge in [0.2, 0.25) is 5.91 Å². The number of rotatable bonds is 5. The number of hydrogen-bond acceptors (Lipinski definition) is 7. The van der Waals surface area contributed by atoms with Crippen molar-refractivity contribution in [2.45, 2.75) is 38.4 Å². The minimum Gasteiger partial charge on any atom is -0.443 e. The summed E-state index contributed by atoms with van der Waals surface area (Å²) in [7, 11) is 0. The van der Waals surface area contributed by atoms with Crippen LogP contribution >= 0.6 is 11.9 Å². The number of benzene rings is 1. The van der Waals surface area contributed by atoms with Gasteiger partial charge in [0.15, 0.2) is 0 Å². The zero-order chi connectivity index (χ0) is 29.4. The lowest BCUT2D eigenvalue weighted by Gasteiger charge is -2.23. The Bertz CT molecular complexity index is 1370. The van der Waals surface area contributed by atoms with Gasteiger partial charge in [-0.1, -0.05) is 20.8 Å². The zero-order valence-electron chi connectivity index (χ0n) is 21.9. The molecular weight excluding hydrogens is 554 g/mol. The van der Waals surface area contributed by atoms with Crippen molar-refractivity contribution in [1.29, 1.82) is 0 Å². The molecule has 1 aromatic carbocycles. The number of carbonyl (C=O) groups excluding carboxylic acids is 3. The second-order valence-corrected chi connectivity index (χ2v) is 11.2. The first kappa shape index (κ1) is 29.3. The standard InChI is InChI=1S/C26H27F4N5O4S/c1-25(2,3)23(37)33-20-6-16(26(28,29)30)8-32-21(20)13-39-24(38)35-11-14-9-34(10-15(14)12-35)22(36)18-5-4-17(40-31)7-19(18)27/h4-8H,9-13,31H2,1-3H3,(H,33,37). The summed E-state index contributed by atoms with van der Waals surface area (Å²) in [6, 6.07) is 4.88. The Balaban J connectivity index is 1.37. The summed E-state index contributed by atoms with van der Waals surface area (Å²) in [5, 5.41) is 7.87. The predicted molar refractivity (Wildman–Crippen MR) is 138 cm³/mol. The summed E-state index contributed by atoms with van der Waals surface area (Å²) in [6.45, 7) is 5.12. The maximum Gasteiger partial charge on any atom is 0.417 e. The number of nitrogens with one attached hydrogen (secondary N) is 1. The van der Waals surface area contributed by atoms with E-state index in [1.807, 2.05) is 0 Å². The number of anilines is 1. The van der Waals surface area contributed by atoms with E-state index in [4.69, 9.17) is 9.88 Å². The summed E-state index contributed by atoms with van der Waals surface area (Å²) < 4.78 is 59.4. The quantitative estimate of drug-likeness (QED) is 0.301. The lowest BCUT2D eigenvalue weighted by molar-refractivity contribution is -0.137. The van der Waals surface area contributed by atoms with Crippen LogP contribution in [0.25, 0.3) is 0 Å². The van der Waals surface area contributed by atoms with Gasteiger partial charge in [0.05, 0.1) is 16.8 Å². The number of aromatic nitrogens is 1. The second kappa shape index (κ2) is 11.1. The van der Waals surface area contributed by atoms with Gasteiger partial charge in [-0.15, -0.1) is 0 Å². The monoisotopic (exact) mass is 581 g/mol. The van der Waals surface area contributed by atoms with Crippen molar-refractivity contribution in [3.8, 4) is 0 Å². The number of nitrogens with zero attached hydrogens (tertiary/aromatic N) is 3. The number of pyridine rings is 1. The number of nitrogens with two attached hydrogens (primary N) is 1. The van der Waals surface area contributed by atoms with Gasteiger partial charge in [0.1, 0.15) is 18.1 Å². The summed E-state index contributed by atoms with van der Waals surface area (Å²) in [5.41, 5.74) is -0.622. The minimum atomic E-state index is -4.68. The number of alkyl halides is 3. The lowest BCUT2D eigenvalue weighted by atomic mass is 9.95. The lowest BCUT2D eigenvalue weighted by Crippen LogP contribution is -2.37. The first-order valence-corrected chi connectivity index (χ1v) is 13.0. The van der Waals surface area contributed by atoms with E-state index in [2.05, 4.69) is 10.3 Å². The molecule has 9 nitrogen and oxygen atoms in total. The molecule has 3 amide bonds. The fourth-order valence-electron chi connectivity index (χ4n) is 4.17. The average molecular weight is 582 g/mol. The third-order valence-corrected chi connectivity index (χ3v) is 6.96. The summed E-state index contributed by atoms with van der Waals surface area (Å²) in [6.07, 6.45) is -4.80. The maximum atomic E-state index is 14.4. The molecule has 0 bridgehead atoms. The first-order valence-electron chi connectivity index (χ1n) is 12.1. The van der Waals surface area contributed by atoms with Gasteiger partial charge >= 0.3 is 12.3 Å². The van der Waals surface area contributed by atoms with Gasteiger partial charge in [0.25, 0.3) is 5.91 Å². The molecule has 0 aliphatic carbocycles. The van der Waals surface area contributed by atoms with E-state index in [1.165, 1.54) is 21.9 Å². The Morgan fingerprint density at radius 2 is 1.68 bits per heavy atom. The van der Waals surface area contributed by atoms with Crippen LogP contribution in [0.15, 0.2) is 46.5 Å². The number of hydrogen-bond donors (Lipinski definition) is 2. The van der Waals surface area contributed by atoms with Crippen molar-refractivity contribution < 1.29 is 36.7 Å². The number of ether oxygens (including phenoxy) is 1. The topological polar surface area (TPSA) is 118 Å². The number of halogens is 4. The molecule has 40 heavy (non-hydrogen) atoms. The minimum absolute atomic E-state index is 0.0449. The molecule has 0 saturated carbocycles. The van der Waals surface area contributed by atoms with Crippen LogP contribution in [-0.2, 0) is 22.3 Å². The third kappa shape index (κ3) is 6.39. The zero-order valence-corrected chi connectivity index (χ0v) is 22.7. The van der Waals surface area contributed by atoms with E-state index < -0.39 is 47.5 Å². The van der Waals surface area contributed by atoms with Crippen LogP contribution in [0.4, 0.5) is 28.0 Å². The van der Waals surface area contributed by atoms with Gasteiger partial charge < -0.3 is 19.9 Å². The Hall–Kier alpha value is -3.65. The van der Waals surface area contributed by atoms with Gasteiger partial charge in [-0.05, 0) is 47.4 Å². The fourth-order valence-corrected chi connectivity index (χ4v) is 4.49. The average Bonchev–Trinajstić information content (AvgIpc) is 3.46. The summed E-state index contributed by atoms with van der Waals surface area (Å²) in [5.74, 6) is -1.69. The van der Waals surface area contributed by atoms with E-state index >= 15 is 0 Å². The molecule has 0 saturated heterocycles. The molecule has 0 fully saturated rings. The van der Waals surface area contributed by atoms with E-state index in [-0.39, 0.29) is 43.1 Å². The SMILES string of the molecule is CC(C)(C)C(=O)Nc1cc(C(F)(F)F)cnc1COC(=O)N1CC2=C(C1)CN(C(=O)c1ccc(SN)cc1F)C2. The van der Waals surface area contributed by atoms with Gasteiger partial charge in [-0.25, -0.2) is 9.18 Å². The normalized spacial score (nSPS) is 15.4. The number of amides is 3. The molecule has 214 valence electrons. The Kier molecular flexibility index (Phi) is 8.13. The van der Waals surface area contributed by atoms with Gasteiger partial charge in [-0.3, -0.25) is 19.7 Å². The molecule has 2 aliphatic rings. The van der Waals surface area contributed by atoms with Crippen LogP contribution in [0, 0.1) is 11.2 Å². The third-order valence-electron chi connectivity index (χ3n) is 6.44. The molecule has 3 heterocycles. The molecule has 0 spiro atoms. The van der Waals surface area contributed by atoms with Crippen molar-refractivity contribution in [3.63, 3.8) is 0 Å². The van der Waals surface area contributed by atoms with Crippen molar-refractivity contribution in [3.05, 3.63) is 64.2 Å². The van der Waals surface area contributed by atoms with Crippen LogP contribution in [0.1, 0.15) is 42.4 Å². The molecule has 0 unspecified atom stereocenters. The predicted octanol–water partition coefficient (Wildman–Crippen LogP) is 4.59. The molecule has 3 N–H and O–H groups in total. The van der Waals surface area contributed by atoms with E-state index in [9.17, 15) is 31.9 Å². The van der Waals surface area contributed by atoms with Crippen LogP contribution in [0.3, 0.4) is 0 Å². The molecule has 2 aromatic rings. The van der Waals surface area contributed by atoms with Crippen molar-refractivity contribution in [2.75, 3.05) is 31.5 Å². The van der Waals surface area contributed by atoms with E-state index in [0.717, 1.165) is 29.2 Å². The fraction of sp³-hybridized carbons (Fsp3) is 0.385. The van der Waals surface area contributed by atoms with Gasteiger partial charge in [0, 0.05) is 42.7 Å². The molecule has 2 aliphatic heterocycles. The molecule has 0 radical (unpaired) electrons. The van der Waals surface area contributed by atoms with E-state index in [0.29, 0.717) is 11.1 Å². The highest BCUT2D eigenvalue weighted by molar-refractivity contribution is 7.97.